The Bertz CT molecular complexity index is 1300. The Morgan fingerprint density at radius 2 is 1.36 bits per heavy atom. The average Bonchev–Trinajstić information content (AvgIpc) is 3.19. The highest BCUT2D eigenvalue weighted by Crippen LogP contribution is 2.21. The predicted octanol–water partition coefficient (Wildman–Crippen LogP) is 5.52. The zero-order valence-electron chi connectivity index (χ0n) is 15.1. The van der Waals surface area contributed by atoms with Crippen molar-refractivity contribution in [2.24, 2.45) is 4.99 Å². The summed E-state index contributed by atoms with van der Waals surface area (Å²) in [7, 11) is 0. The second-order valence-corrected chi connectivity index (χ2v) is 6.45. The van der Waals surface area contributed by atoms with Gasteiger partial charge in [0.2, 0.25) is 5.89 Å². The number of benzene rings is 4. The van der Waals surface area contributed by atoms with E-state index in [-0.39, 0.29) is 0 Å². The monoisotopic (exact) mass is 363 g/mol. The van der Waals surface area contributed by atoms with E-state index in [1.54, 1.807) is 4.68 Å². The third-order valence-electron chi connectivity index (χ3n) is 4.54. The maximum atomic E-state index is 6.06. The lowest BCUT2D eigenvalue weighted by Gasteiger charge is -2.00. The summed E-state index contributed by atoms with van der Waals surface area (Å²) in [5.74, 6) is 0.531. The Morgan fingerprint density at radius 1 is 0.679 bits per heavy atom. The SMILES string of the molecule is c1ccc(-c2nn(-c3ccccc3)/c(=N/c3ccc4ccccc4c3)o2)cc1. The molecule has 0 aliphatic rings. The number of aromatic nitrogens is 2. The summed E-state index contributed by atoms with van der Waals surface area (Å²) in [6.07, 6.45) is 0. The molecule has 0 bridgehead atoms. The number of hydrogen-bond acceptors (Lipinski definition) is 3. The van der Waals surface area contributed by atoms with Crippen LogP contribution in [0.5, 0.6) is 0 Å². The summed E-state index contributed by atoms with van der Waals surface area (Å²) in [5, 5.41) is 6.98. The highest BCUT2D eigenvalue weighted by atomic mass is 16.4. The molecule has 0 amide bonds. The molecule has 0 fully saturated rings. The normalized spacial score (nSPS) is 11.8. The summed E-state index contributed by atoms with van der Waals surface area (Å²) in [5.41, 5.74) is 3.06. The van der Waals surface area contributed by atoms with E-state index in [0.29, 0.717) is 11.6 Å². The predicted molar refractivity (Wildman–Crippen MR) is 110 cm³/mol. The van der Waals surface area contributed by atoms with Gasteiger partial charge in [0.05, 0.1) is 11.4 Å². The van der Waals surface area contributed by atoms with E-state index >= 15 is 0 Å². The number of nitrogens with zero attached hydrogens (tertiary/aromatic N) is 3. The molecule has 0 spiro atoms. The summed E-state index contributed by atoms with van der Waals surface area (Å²) >= 11 is 0. The van der Waals surface area contributed by atoms with Gasteiger partial charge in [0.25, 0.3) is 0 Å². The van der Waals surface area contributed by atoms with Crippen molar-refractivity contribution in [3.05, 3.63) is 109 Å². The van der Waals surface area contributed by atoms with Crippen LogP contribution in [0.3, 0.4) is 0 Å². The Morgan fingerprint density at radius 3 is 2.14 bits per heavy atom. The second kappa shape index (κ2) is 7.00. The summed E-state index contributed by atoms with van der Waals surface area (Å²) in [6.45, 7) is 0. The second-order valence-electron chi connectivity index (χ2n) is 6.45. The standard InChI is InChI=1S/C24H17N3O/c1-3-10-19(11-4-1)23-26-27(22-13-5-2-6-14-22)24(28-23)25-21-16-15-18-9-7-8-12-20(18)17-21/h1-17H/b25-24-. The zero-order chi connectivity index (χ0) is 18.8. The van der Waals surface area contributed by atoms with E-state index in [9.17, 15) is 0 Å². The van der Waals surface area contributed by atoms with Crippen LogP contribution in [0.1, 0.15) is 0 Å². The molecule has 28 heavy (non-hydrogen) atoms. The number of para-hydroxylation sites is 1. The van der Waals surface area contributed by atoms with Crippen LogP contribution in [0.2, 0.25) is 0 Å². The molecule has 0 aliphatic carbocycles. The van der Waals surface area contributed by atoms with E-state index in [1.807, 2.05) is 78.9 Å². The van der Waals surface area contributed by atoms with Gasteiger partial charge >= 0.3 is 5.68 Å². The molecule has 1 aromatic heterocycles. The third-order valence-corrected chi connectivity index (χ3v) is 4.54. The molecular formula is C24H17N3O. The van der Waals surface area contributed by atoms with Gasteiger partial charge in [0.1, 0.15) is 0 Å². The Hall–Kier alpha value is -3.92. The minimum Gasteiger partial charge on any atom is -0.403 e. The molecule has 0 saturated heterocycles. The highest BCUT2D eigenvalue weighted by molar-refractivity contribution is 5.85. The summed E-state index contributed by atoms with van der Waals surface area (Å²) < 4.78 is 7.79. The van der Waals surface area contributed by atoms with E-state index < -0.39 is 0 Å². The minimum absolute atomic E-state index is 0.431. The third kappa shape index (κ3) is 3.12. The molecule has 0 unspecified atom stereocenters. The van der Waals surface area contributed by atoms with E-state index in [2.05, 4.69) is 29.4 Å². The maximum Gasteiger partial charge on any atom is 0.325 e. The molecule has 0 saturated carbocycles. The zero-order valence-corrected chi connectivity index (χ0v) is 15.1. The van der Waals surface area contributed by atoms with Crippen molar-refractivity contribution >= 4 is 16.5 Å². The van der Waals surface area contributed by atoms with Gasteiger partial charge in [-0.2, -0.15) is 9.67 Å². The lowest BCUT2D eigenvalue weighted by molar-refractivity contribution is 0.499. The van der Waals surface area contributed by atoms with E-state index in [1.165, 1.54) is 5.39 Å². The van der Waals surface area contributed by atoms with Crippen LogP contribution in [0.15, 0.2) is 113 Å². The molecule has 1 heterocycles. The smallest absolute Gasteiger partial charge is 0.325 e. The summed E-state index contributed by atoms with van der Waals surface area (Å²) in [6, 6.07) is 34.1. The van der Waals surface area contributed by atoms with Crippen molar-refractivity contribution < 1.29 is 4.42 Å². The van der Waals surface area contributed by atoms with Gasteiger partial charge in [0, 0.05) is 5.56 Å². The van der Waals surface area contributed by atoms with Crippen molar-refractivity contribution in [1.29, 1.82) is 0 Å². The largest absolute Gasteiger partial charge is 0.403 e. The van der Waals surface area contributed by atoms with Crippen LogP contribution in [-0.4, -0.2) is 9.78 Å². The van der Waals surface area contributed by atoms with Crippen LogP contribution in [-0.2, 0) is 0 Å². The molecular weight excluding hydrogens is 346 g/mol. The first-order valence-corrected chi connectivity index (χ1v) is 9.11. The lowest BCUT2D eigenvalue weighted by Crippen LogP contribution is -2.15. The first kappa shape index (κ1) is 16.3. The quantitative estimate of drug-likeness (QED) is 0.424. The molecule has 4 nitrogen and oxygen atoms in total. The van der Waals surface area contributed by atoms with Gasteiger partial charge in [0.15, 0.2) is 0 Å². The van der Waals surface area contributed by atoms with Crippen LogP contribution >= 0.6 is 0 Å². The van der Waals surface area contributed by atoms with Crippen LogP contribution in [0.4, 0.5) is 5.69 Å². The van der Waals surface area contributed by atoms with Crippen molar-refractivity contribution in [1.82, 2.24) is 9.78 Å². The first-order valence-electron chi connectivity index (χ1n) is 9.11. The fourth-order valence-electron chi connectivity index (χ4n) is 3.15. The fraction of sp³-hybridized carbons (Fsp3) is 0. The van der Waals surface area contributed by atoms with E-state index in [4.69, 9.17) is 9.41 Å². The molecule has 0 N–H and O–H groups in total. The number of fused-ring (bicyclic) bond motifs is 1. The Balaban J connectivity index is 1.70. The van der Waals surface area contributed by atoms with Crippen molar-refractivity contribution in [3.8, 4) is 17.1 Å². The molecule has 0 aliphatic heterocycles. The van der Waals surface area contributed by atoms with Crippen molar-refractivity contribution in [2.45, 2.75) is 0 Å². The molecule has 5 aromatic rings. The Labute approximate surface area is 162 Å². The van der Waals surface area contributed by atoms with Gasteiger partial charge in [-0.05, 0) is 47.2 Å². The van der Waals surface area contributed by atoms with Crippen LogP contribution < -0.4 is 5.68 Å². The molecule has 4 heteroatoms. The van der Waals surface area contributed by atoms with Gasteiger partial charge in [-0.15, -0.1) is 5.10 Å². The number of rotatable bonds is 3. The van der Waals surface area contributed by atoms with Crippen LogP contribution in [0.25, 0.3) is 27.9 Å². The molecule has 0 radical (unpaired) electrons. The summed E-state index contributed by atoms with van der Waals surface area (Å²) in [4.78, 5) is 4.75. The molecule has 0 atom stereocenters. The maximum absolute atomic E-state index is 6.06. The van der Waals surface area contributed by atoms with Gasteiger partial charge in [-0.1, -0.05) is 66.7 Å². The van der Waals surface area contributed by atoms with Gasteiger partial charge < -0.3 is 4.42 Å². The lowest BCUT2D eigenvalue weighted by atomic mass is 10.1. The first-order chi connectivity index (χ1) is 13.9. The topological polar surface area (TPSA) is 43.3 Å². The van der Waals surface area contributed by atoms with E-state index in [0.717, 1.165) is 22.3 Å². The van der Waals surface area contributed by atoms with Crippen molar-refractivity contribution in [3.63, 3.8) is 0 Å². The number of hydrogen-bond donors (Lipinski definition) is 0. The van der Waals surface area contributed by atoms with Gasteiger partial charge in [-0.3, -0.25) is 0 Å². The molecule has 4 aromatic carbocycles. The highest BCUT2D eigenvalue weighted by Gasteiger charge is 2.10. The molecule has 134 valence electrons. The minimum atomic E-state index is 0.431. The Kier molecular flexibility index (Phi) is 4.07. The molecule has 5 rings (SSSR count). The fourth-order valence-corrected chi connectivity index (χ4v) is 3.15. The van der Waals surface area contributed by atoms with Crippen LogP contribution in [0, 0.1) is 0 Å². The van der Waals surface area contributed by atoms with Gasteiger partial charge in [-0.25, -0.2) is 0 Å². The van der Waals surface area contributed by atoms with Crippen molar-refractivity contribution in [2.75, 3.05) is 0 Å². The average molecular weight is 363 g/mol.